The minimum atomic E-state index is -3.25. The molecule has 0 saturated carbocycles. The van der Waals surface area contributed by atoms with Gasteiger partial charge in [-0.2, -0.15) is 0 Å². The van der Waals surface area contributed by atoms with E-state index in [0.717, 1.165) is 0 Å². The zero-order valence-electron chi connectivity index (χ0n) is 10.8. The molecule has 1 atom stereocenters. The van der Waals surface area contributed by atoms with Crippen molar-refractivity contribution < 1.29 is 18.3 Å². The summed E-state index contributed by atoms with van der Waals surface area (Å²) in [6.07, 6.45) is 0.402. The Morgan fingerprint density at radius 3 is 2.67 bits per heavy atom. The largest absolute Gasteiger partial charge is 0.496 e. The van der Waals surface area contributed by atoms with Crippen molar-refractivity contribution in [3.05, 3.63) is 23.8 Å². The van der Waals surface area contributed by atoms with Gasteiger partial charge in [0.25, 0.3) is 0 Å². The molecule has 0 aromatic heterocycles. The second-order valence-corrected chi connectivity index (χ2v) is 7.37. The minimum absolute atomic E-state index is 0.0483. The van der Waals surface area contributed by atoms with Crippen molar-refractivity contribution >= 4 is 9.84 Å². The normalized spacial score (nSPS) is 21.7. The van der Waals surface area contributed by atoms with E-state index in [4.69, 9.17) is 4.74 Å². The molecule has 1 unspecified atom stereocenters. The Morgan fingerprint density at radius 2 is 2.11 bits per heavy atom. The molecule has 18 heavy (non-hydrogen) atoms. The zero-order valence-corrected chi connectivity index (χ0v) is 11.6. The third-order valence-electron chi connectivity index (χ3n) is 3.16. The molecular weight excluding hydrogens is 252 g/mol. The summed E-state index contributed by atoms with van der Waals surface area (Å²) in [5.74, 6) is 0.427. The summed E-state index contributed by atoms with van der Waals surface area (Å²) in [4.78, 5) is 0.344. The number of fused-ring (bicyclic) bond motifs is 1. The first-order chi connectivity index (χ1) is 8.24. The van der Waals surface area contributed by atoms with Gasteiger partial charge in [-0.3, -0.25) is 0 Å². The molecule has 0 bridgehead atoms. The highest BCUT2D eigenvalue weighted by Gasteiger charge is 2.39. The van der Waals surface area contributed by atoms with E-state index < -0.39 is 15.4 Å². The topological polar surface area (TPSA) is 63.6 Å². The Kier molecular flexibility index (Phi) is 3.15. The number of rotatable bonds is 3. The Morgan fingerprint density at radius 1 is 1.44 bits per heavy atom. The van der Waals surface area contributed by atoms with E-state index in [0.29, 0.717) is 22.6 Å². The summed E-state index contributed by atoms with van der Waals surface area (Å²) in [6.45, 7) is 3.38. The van der Waals surface area contributed by atoms with Gasteiger partial charge < -0.3 is 9.84 Å². The van der Waals surface area contributed by atoms with Crippen LogP contribution in [-0.4, -0.2) is 32.0 Å². The third-order valence-corrected chi connectivity index (χ3v) is 5.02. The van der Waals surface area contributed by atoms with Gasteiger partial charge in [0.2, 0.25) is 0 Å². The number of ether oxygens (including phenoxy) is 1. The Labute approximate surface area is 108 Å². The van der Waals surface area contributed by atoms with Gasteiger partial charge in [0.1, 0.15) is 5.75 Å². The van der Waals surface area contributed by atoms with Crippen LogP contribution < -0.4 is 4.74 Å². The standard InChI is InChI=1S/C13H18O4S/c1-13(2,14)7-9-8-18(15,16)11-6-4-5-10(17-3)12(9)11/h4-6,9,14H,7-8H2,1-3H3. The van der Waals surface area contributed by atoms with Gasteiger partial charge in [-0.1, -0.05) is 6.07 Å². The fourth-order valence-electron chi connectivity index (χ4n) is 2.58. The van der Waals surface area contributed by atoms with Crippen molar-refractivity contribution in [1.82, 2.24) is 0 Å². The highest BCUT2D eigenvalue weighted by molar-refractivity contribution is 7.91. The van der Waals surface area contributed by atoms with Crippen molar-refractivity contribution in [2.45, 2.75) is 36.7 Å². The third kappa shape index (κ3) is 2.37. The Balaban J connectivity index is 2.53. The number of aliphatic hydroxyl groups is 1. The van der Waals surface area contributed by atoms with Gasteiger partial charge in [-0.15, -0.1) is 0 Å². The number of hydrogen-bond acceptors (Lipinski definition) is 4. The molecule has 0 spiro atoms. The fourth-order valence-corrected chi connectivity index (χ4v) is 4.46. The predicted octanol–water partition coefficient (Wildman–Crippen LogP) is 1.73. The molecule has 5 heteroatoms. The van der Waals surface area contributed by atoms with Crippen LogP contribution in [0.1, 0.15) is 31.7 Å². The van der Waals surface area contributed by atoms with E-state index in [-0.39, 0.29) is 11.7 Å². The van der Waals surface area contributed by atoms with E-state index in [9.17, 15) is 13.5 Å². The molecule has 100 valence electrons. The van der Waals surface area contributed by atoms with E-state index >= 15 is 0 Å². The van der Waals surface area contributed by atoms with Crippen molar-refractivity contribution in [3.8, 4) is 5.75 Å². The fraction of sp³-hybridized carbons (Fsp3) is 0.538. The van der Waals surface area contributed by atoms with Crippen LogP contribution in [0.25, 0.3) is 0 Å². The molecule has 1 N–H and O–H groups in total. The smallest absolute Gasteiger partial charge is 0.179 e. The molecule has 0 amide bonds. The molecule has 1 aliphatic rings. The Hall–Kier alpha value is -1.07. The van der Waals surface area contributed by atoms with Crippen LogP contribution in [0.2, 0.25) is 0 Å². The van der Waals surface area contributed by atoms with Crippen molar-refractivity contribution in [3.63, 3.8) is 0 Å². The molecule has 0 saturated heterocycles. The lowest BCUT2D eigenvalue weighted by molar-refractivity contribution is 0.0650. The number of sulfone groups is 1. The second kappa shape index (κ2) is 4.24. The molecule has 2 rings (SSSR count). The van der Waals surface area contributed by atoms with Gasteiger partial charge in [0.15, 0.2) is 9.84 Å². The van der Waals surface area contributed by atoms with E-state index in [1.54, 1.807) is 32.0 Å². The maximum absolute atomic E-state index is 12.1. The van der Waals surface area contributed by atoms with Crippen LogP contribution in [-0.2, 0) is 9.84 Å². The van der Waals surface area contributed by atoms with Crippen LogP contribution in [0.15, 0.2) is 23.1 Å². The lowest BCUT2D eigenvalue weighted by atomic mass is 9.89. The number of benzene rings is 1. The molecule has 1 aromatic rings. The highest BCUT2D eigenvalue weighted by atomic mass is 32.2. The quantitative estimate of drug-likeness (QED) is 0.908. The van der Waals surface area contributed by atoms with Crippen LogP contribution in [0.4, 0.5) is 0 Å². The molecule has 4 nitrogen and oxygen atoms in total. The number of hydrogen-bond donors (Lipinski definition) is 1. The van der Waals surface area contributed by atoms with Crippen LogP contribution in [0, 0.1) is 0 Å². The average molecular weight is 270 g/mol. The summed E-state index contributed by atoms with van der Waals surface area (Å²) in [7, 11) is -1.72. The molecule has 1 heterocycles. The van der Waals surface area contributed by atoms with Gasteiger partial charge in [-0.25, -0.2) is 8.42 Å². The summed E-state index contributed by atoms with van der Waals surface area (Å²) in [6, 6.07) is 5.05. The van der Waals surface area contributed by atoms with Crippen molar-refractivity contribution in [2.24, 2.45) is 0 Å². The Bertz CT molecular complexity index is 555. The van der Waals surface area contributed by atoms with Crippen molar-refractivity contribution in [2.75, 3.05) is 12.9 Å². The molecule has 1 aromatic carbocycles. The van der Waals surface area contributed by atoms with Gasteiger partial charge in [0, 0.05) is 11.5 Å². The monoisotopic (exact) mass is 270 g/mol. The summed E-state index contributed by atoms with van der Waals surface area (Å²) >= 11 is 0. The summed E-state index contributed by atoms with van der Waals surface area (Å²) in [5.41, 5.74) is -0.190. The first-order valence-corrected chi connectivity index (χ1v) is 7.52. The highest BCUT2D eigenvalue weighted by Crippen LogP contribution is 2.44. The van der Waals surface area contributed by atoms with Crippen LogP contribution in [0.5, 0.6) is 5.75 Å². The molecular formula is C13H18O4S. The minimum Gasteiger partial charge on any atom is -0.496 e. The maximum atomic E-state index is 12.1. The average Bonchev–Trinajstić information content (AvgIpc) is 2.48. The second-order valence-electron chi connectivity index (χ2n) is 5.37. The summed E-state index contributed by atoms with van der Waals surface area (Å²) in [5, 5.41) is 9.90. The SMILES string of the molecule is COc1cccc2c1C(CC(C)(C)O)CS2(=O)=O. The van der Waals surface area contributed by atoms with Gasteiger partial charge in [0.05, 0.1) is 23.4 Å². The lowest BCUT2D eigenvalue weighted by Gasteiger charge is -2.22. The maximum Gasteiger partial charge on any atom is 0.179 e. The lowest BCUT2D eigenvalue weighted by Crippen LogP contribution is -2.23. The van der Waals surface area contributed by atoms with Crippen molar-refractivity contribution in [1.29, 1.82) is 0 Å². The summed E-state index contributed by atoms with van der Waals surface area (Å²) < 4.78 is 29.4. The van der Waals surface area contributed by atoms with Gasteiger partial charge >= 0.3 is 0 Å². The van der Waals surface area contributed by atoms with Gasteiger partial charge in [-0.05, 0) is 32.4 Å². The van der Waals surface area contributed by atoms with Crippen LogP contribution >= 0.6 is 0 Å². The van der Waals surface area contributed by atoms with E-state index in [1.165, 1.54) is 7.11 Å². The van der Waals surface area contributed by atoms with E-state index in [2.05, 4.69) is 0 Å². The molecule has 0 radical (unpaired) electrons. The zero-order chi connectivity index (χ0) is 13.6. The predicted molar refractivity (Wildman–Crippen MR) is 68.7 cm³/mol. The molecule has 0 aliphatic carbocycles. The first-order valence-electron chi connectivity index (χ1n) is 5.86. The van der Waals surface area contributed by atoms with Crippen LogP contribution in [0.3, 0.4) is 0 Å². The number of methoxy groups -OCH3 is 1. The van der Waals surface area contributed by atoms with E-state index in [1.807, 2.05) is 0 Å². The molecule has 1 aliphatic heterocycles. The first kappa shape index (κ1) is 13.4. The molecule has 0 fully saturated rings.